The highest BCUT2D eigenvalue weighted by atomic mass is 35.5. The second kappa shape index (κ2) is 6.11. The van der Waals surface area contributed by atoms with Crippen molar-refractivity contribution in [3.63, 3.8) is 0 Å². The molecule has 0 spiro atoms. The van der Waals surface area contributed by atoms with E-state index in [1.807, 2.05) is 0 Å². The van der Waals surface area contributed by atoms with E-state index in [1.54, 1.807) is 24.3 Å². The molecule has 3 nitrogen and oxygen atoms in total. The summed E-state index contributed by atoms with van der Waals surface area (Å²) in [6, 6.07) is 12.3. The molecule has 2 aromatic rings. The zero-order chi connectivity index (χ0) is 13.7. The highest BCUT2D eigenvalue weighted by molar-refractivity contribution is 6.30. The summed E-state index contributed by atoms with van der Waals surface area (Å²) in [6.45, 7) is 0. The summed E-state index contributed by atoms with van der Waals surface area (Å²) in [5.74, 6) is -0.794. The monoisotopic (exact) mass is 276 g/mol. The summed E-state index contributed by atoms with van der Waals surface area (Å²) >= 11 is 5.81. The highest BCUT2D eigenvalue weighted by Crippen LogP contribution is 2.08. The van der Waals surface area contributed by atoms with Gasteiger partial charge in [-0.25, -0.2) is 9.82 Å². The van der Waals surface area contributed by atoms with E-state index in [2.05, 4.69) is 10.5 Å². The summed E-state index contributed by atoms with van der Waals surface area (Å²) in [7, 11) is 0. The van der Waals surface area contributed by atoms with Crippen molar-refractivity contribution < 1.29 is 9.18 Å². The van der Waals surface area contributed by atoms with E-state index < -0.39 is 5.91 Å². The Bertz CT molecular complexity index is 611. The third-order valence-electron chi connectivity index (χ3n) is 2.33. The van der Waals surface area contributed by atoms with Crippen LogP contribution in [0.25, 0.3) is 0 Å². The molecule has 0 aliphatic rings. The van der Waals surface area contributed by atoms with E-state index in [0.29, 0.717) is 10.6 Å². The summed E-state index contributed by atoms with van der Waals surface area (Å²) in [5.41, 5.74) is 3.46. The van der Waals surface area contributed by atoms with Gasteiger partial charge < -0.3 is 0 Å². The number of hydrogen-bond donors (Lipinski definition) is 1. The molecule has 0 fully saturated rings. The third kappa shape index (κ3) is 3.89. The molecule has 0 radical (unpaired) electrons. The fraction of sp³-hybridized carbons (Fsp3) is 0. The minimum absolute atomic E-state index is 0.338. The molecule has 5 heteroatoms. The van der Waals surface area contributed by atoms with E-state index in [-0.39, 0.29) is 5.82 Å². The largest absolute Gasteiger partial charge is 0.271 e. The quantitative estimate of drug-likeness (QED) is 0.679. The van der Waals surface area contributed by atoms with Crippen LogP contribution in [0.5, 0.6) is 0 Å². The predicted octanol–water partition coefficient (Wildman–Crippen LogP) is 3.24. The van der Waals surface area contributed by atoms with Crippen LogP contribution in [0.1, 0.15) is 15.9 Å². The fourth-order valence-corrected chi connectivity index (χ4v) is 1.62. The van der Waals surface area contributed by atoms with Crippen LogP contribution >= 0.6 is 11.6 Å². The molecule has 96 valence electrons. The molecule has 0 saturated carbocycles. The Balaban J connectivity index is 1.98. The molecule has 0 aliphatic carbocycles. The van der Waals surface area contributed by atoms with Gasteiger partial charge in [0.05, 0.1) is 6.21 Å². The predicted molar refractivity (Wildman–Crippen MR) is 72.9 cm³/mol. The Morgan fingerprint density at radius 3 is 2.63 bits per heavy atom. The van der Waals surface area contributed by atoms with Crippen LogP contribution in [-0.4, -0.2) is 12.1 Å². The molecular weight excluding hydrogens is 267 g/mol. The Labute approximate surface area is 114 Å². The van der Waals surface area contributed by atoms with Crippen LogP contribution in [0.4, 0.5) is 4.39 Å². The third-order valence-corrected chi connectivity index (χ3v) is 2.57. The van der Waals surface area contributed by atoms with Crippen molar-refractivity contribution in [3.8, 4) is 0 Å². The molecule has 0 atom stereocenters. The first-order valence-electron chi connectivity index (χ1n) is 5.50. The molecule has 0 bridgehead atoms. The van der Waals surface area contributed by atoms with Crippen molar-refractivity contribution in [1.29, 1.82) is 0 Å². The SMILES string of the molecule is O=C(N/N=C\c1cccc(Cl)c1)c1ccc(F)cc1. The maximum Gasteiger partial charge on any atom is 0.271 e. The average Bonchev–Trinajstić information content (AvgIpc) is 2.39. The lowest BCUT2D eigenvalue weighted by Gasteiger charge is -1.99. The van der Waals surface area contributed by atoms with Gasteiger partial charge in [0.2, 0.25) is 0 Å². The number of hydrazone groups is 1. The van der Waals surface area contributed by atoms with Crippen LogP contribution in [0.2, 0.25) is 5.02 Å². The fourth-order valence-electron chi connectivity index (χ4n) is 1.42. The molecule has 0 saturated heterocycles. The number of carbonyl (C=O) groups excluding carboxylic acids is 1. The average molecular weight is 277 g/mol. The van der Waals surface area contributed by atoms with Crippen molar-refractivity contribution in [3.05, 3.63) is 70.5 Å². The number of hydrogen-bond acceptors (Lipinski definition) is 2. The molecule has 1 amide bonds. The van der Waals surface area contributed by atoms with Crippen molar-refractivity contribution in [2.45, 2.75) is 0 Å². The zero-order valence-electron chi connectivity index (χ0n) is 9.81. The van der Waals surface area contributed by atoms with Gasteiger partial charge in [0.15, 0.2) is 0 Å². The first kappa shape index (κ1) is 13.2. The van der Waals surface area contributed by atoms with E-state index in [4.69, 9.17) is 11.6 Å². The smallest absolute Gasteiger partial charge is 0.267 e. The van der Waals surface area contributed by atoms with Gasteiger partial charge in [-0.05, 0) is 42.0 Å². The van der Waals surface area contributed by atoms with Crippen molar-refractivity contribution in [2.24, 2.45) is 5.10 Å². The van der Waals surface area contributed by atoms with Gasteiger partial charge in [0.25, 0.3) is 5.91 Å². The number of nitrogens with zero attached hydrogens (tertiary/aromatic N) is 1. The molecular formula is C14H10ClFN2O. The van der Waals surface area contributed by atoms with Crippen molar-refractivity contribution in [2.75, 3.05) is 0 Å². The lowest BCUT2D eigenvalue weighted by Crippen LogP contribution is -2.17. The van der Waals surface area contributed by atoms with Crippen molar-refractivity contribution in [1.82, 2.24) is 5.43 Å². The Morgan fingerprint density at radius 1 is 1.21 bits per heavy atom. The summed E-state index contributed by atoms with van der Waals surface area (Å²) < 4.78 is 12.7. The zero-order valence-corrected chi connectivity index (χ0v) is 10.6. The van der Waals surface area contributed by atoms with Crippen molar-refractivity contribution >= 4 is 23.7 Å². The van der Waals surface area contributed by atoms with Gasteiger partial charge in [-0.3, -0.25) is 4.79 Å². The van der Waals surface area contributed by atoms with Crippen LogP contribution in [0.15, 0.2) is 53.6 Å². The Kier molecular flexibility index (Phi) is 4.26. The van der Waals surface area contributed by atoms with Gasteiger partial charge in [-0.1, -0.05) is 23.7 Å². The second-order valence-corrected chi connectivity index (χ2v) is 4.20. The first-order valence-corrected chi connectivity index (χ1v) is 5.87. The van der Waals surface area contributed by atoms with E-state index in [0.717, 1.165) is 5.56 Å². The summed E-state index contributed by atoms with van der Waals surface area (Å²) in [5, 5.41) is 4.40. The standard InChI is InChI=1S/C14H10ClFN2O/c15-12-3-1-2-10(8-12)9-17-18-14(19)11-4-6-13(16)7-5-11/h1-9H,(H,18,19)/b17-9-. The van der Waals surface area contributed by atoms with Crippen LogP contribution in [0.3, 0.4) is 0 Å². The van der Waals surface area contributed by atoms with Gasteiger partial charge in [-0.15, -0.1) is 0 Å². The maximum atomic E-state index is 12.7. The lowest BCUT2D eigenvalue weighted by atomic mass is 10.2. The maximum absolute atomic E-state index is 12.7. The summed E-state index contributed by atoms with van der Waals surface area (Å²) in [4.78, 5) is 11.6. The topological polar surface area (TPSA) is 41.5 Å². The van der Waals surface area contributed by atoms with Crippen LogP contribution in [-0.2, 0) is 0 Å². The first-order chi connectivity index (χ1) is 9.15. The molecule has 0 heterocycles. The molecule has 0 unspecified atom stereocenters. The van der Waals surface area contributed by atoms with E-state index >= 15 is 0 Å². The number of amides is 1. The number of carbonyl (C=O) groups is 1. The normalized spacial score (nSPS) is 10.6. The lowest BCUT2D eigenvalue weighted by molar-refractivity contribution is 0.0955. The molecule has 0 aliphatic heterocycles. The molecule has 2 aromatic carbocycles. The number of halogens is 2. The minimum Gasteiger partial charge on any atom is -0.267 e. The summed E-state index contributed by atoms with van der Waals surface area (Å²) in [6.07, 6.45) is 1.48. The Hall–Kier alpha value is -2.20. The van der Waals surface area contributed by atoms with Crippen LogP contribution in [0, 0.1) is 5.82 Å². The molecule has 2 rings (SSSR count). The number of benzene rings is 2. The van der Waals surface area contributed by atoms with Crippen LogP contribution < -0.4 is 5.43 Å². The van der Waals surface area contributed by atoms with Gasteiger partial charge in [0, 0.05) is 10.6 Å². The minimum atomic E-state index is -0.404. The highest BCUT2D eigenvalue weighted by Gasteiger charge is 2.03. The van der Waals surface area contributed by atoms with Gasteiger partial charge in [-0.2, -0.15) is 5.10 Å². The van der Waals surface area contributed by atoms with Gasteiger partial charge in [0.1, 0.15) is 5.82 Å². The number of rotatable bonds is 3. The Morgan fingerprint density at radius 2 is 1.95 bits per heavy atom. The molecule has 0 aromatic heterocycles. The second-order valence-electron chi connectivity index (χ2n) is 3.76. The molecule has 1 N–H and O–H groups in total. The van der Waals surface area contributed by atoms with E-state index in [1.165, 1.54) is 30.5 Å². The molecule has 19 heavy (non-hydrogen) atoms. The van der Waals surface area contributed by atoms with E-state index in [9.17, 15) is 9.18 Å². The van der Waals surface area contributed by atoms with Gasteiger partial charge >= 0.3 is 0 Å². The number of nitrogens with one attached hydrogen (secondary N) is 1.